The van der Waals surface area contributed by atoms with Crippen molar-refractivity contribution in [3.8, 4) is 17.2 Å². The van der Waals surface area contributed by atoms with Gasteiger partial charge in [0.2, 0.25) is 0 Å². The predicted octanol–water partition coefficient (Wildman–Crippen LogP) is 5.68. The number of rotatable bonds is 10. The van der Waals surface area contributed by atoms with Gasteiger partial charge in [0.15, 0.2) is 11.5 Å². The summed E-state index contributed by atoms with van der Waals surface area (Å²) in [6.07, 6.45) is 6.64. The molecule has 0 aliphatic heterocycles. The number of hydrogen-bond donors (Lipinski definition) is 1. The van der Waals surface area contributed by atoms with Crippen LogP contribution in [0.25, 0.3) is 10.8 Å². The van der Waals surface area contributed by atoms with Crippen molar-refractivity contribution in [2.75, 3.05) is 13.2 Å². The largest absolute Gasteiger partial charge is 0.504 e. The fourth-order valence-electron chi connectivity index (χ4n) is 2.63. The molecule has 0 spiro atoms. The summed E-state index contributed by atoms with van der Waals surface area (Å²) in [7, 11) is 0. The molecular weight excluding hydrogens is 288 g/mol. The molecule has 0 saturated heterocycles. The molecule has 2 rings (SSSR count). The highest BCUT2D eigenvalue weighted by atomic mass is 16.5. The monoisotopic (exact) mass is 316 g/mol. The van der Waals surface area contributed by atoms with Gasteiger partial charge >= 0.3 is 0 Å². The van der Waals surface area contributed by atoms with E-state index in [9.17, 15) is 5.11 Å². The molecule has 3 nitrogen and oxygen atoms in total. The normalized spacial score (nSPS) is 10.9. The SMILES string of the molecule is CCCCCOc1cc(O)c(OCCCCC)c2ccccc12. The van der Waals surface area contributed by atoms with Gasteiger partial charge in [-0.2, -0.15) is 0 Å². The van der Waals surface area contributed by atoms with E-state index in [2.05, 4.69) is 13.8 Å². The third-order valence-corrected chi connectivity index (χ3v) is 3.94. The molecule has 3 heteroatoms. The van der Waals surface area contributed by atoms with E-state index in [0.29, 0.717) is 19.0 Å². The first-order valence-corrected chi connectivity index (χ1v) is 8.78. The Morgan fingerprint density at radius 1 is 0.826 bits per heavy atom. The molecule has 0 atom stereocenters. The van der Waals surface area contributed by atoms with Crippen molar-refractivity contribution in [2.45, 2.75) is 52.4 Å². The molecule has 0 aliphatic rings. The Labute approximate surface area is 139 Å². The van der Waals surface area contributed by atoms with E-state index < -0.39 is 0 Å². The van der Waals surface area contributed by atoms with Crippen LogP contribution in [0.15, 0.2) is 30.3 Å². The van der Waals surface area contributed by atoms with Crippen molar-refractivity contribution in [1.82, 2.24) is 0 Å². The number of hydrogen-bond acceptors (Lipinski definition) is 3. The summed E-state index contributed by atoms with van der Waals surface area (Å²) < 4.78 is 11.7. The van der Waals surface area contributed by atoms with Crippen molar-refractivity contribution in [3.05, 3.63) is 30.3 Å². The van der Waals surface area contributed by atoms with E-state index in [4.69, 9.17) is 9.47 Å². The average molecular weight is 316 g/mol. The second-order valence-electron chi connectivity index (χ2n) is 5.88. The summed E-state index contributed by atoms with van der Waals surface area (Å²) in [4.78, 5) is 0. The second-order valence-corrected chi connectivity index (χ2v) is 5.88. The molecule has 0 unspecified atom stereocenters. The lowest BCUT2D eigenvalue weighted by molar-refractivity contribution is 0.288. The summed E-state index contributed by atoms with van der Waals surface area (Å²) in [5, 5.41) is 12.2. The van der Waals surface area contributed by atoms with Gasteiger partial charge in [0.25, 0.3) is 0 Å². The summed E-state index contributed by atoms with van der Waals surface area (Å²) in [5.41, 5.74) is 0. The molecule has 126 valence electrons. The zero-order chi connectivity index (χ0) is 16.5. The third-order valence-electron chi connectivity index (χ3n) is 3.94. The minimum absolute atomic E-state index is 0.158. The van der Waals surface area contributed by atoms with Gasteiger partial charge in [0.05, 0.1) is 13.2 Å². The number of ether oxygens (including phenoxy) is 2. The highest BCUT2D eigenvalue weighted by Crippen LogP contribution is 2.41. The summed E-state index contributed by atoms with van der Waals surface area (Å²) >= 11 is 0. The highest BCUT2D eigenvalue weighted by molar-refractivity contribution is 5.95. The molecule has 0 heterocycles. The zero-order valence-corrected chi connectivity index (χ0v) is 14.3. The molecule has 0 aromatic heterocycles. The van der Waals surface area contributed by atoms with Crippen molar-refractivity contribution in [3.63, 3.8) is 0 Å². The minimum atomic E-state index is 0.158. The van der Waals surface area contributed by atoms with Gasteiger partial charge in [-0.1, -0.05) is 63.8 Å². The van der Waals surface area contributed by atoms with Crippen LogP contribution < -0.4 is 9.47 Å². The van der Waals surface area contributed by atoms with Gasteiger partial charge in [-0.15, -0.1) is 0 Å². The van der Waals surface area contributed by atoms with E-state index in [1.54, 1.807) is 6.07 Å². The van der Waals surface area contributed by atoms with E-state index >= 15 is 0 Å². The Kier molecular flexibility index (Phi) is 7.05. The maximum atomic E-state index is 10.3. The third kappa shape index (κ3) is 4.78. The van der Waals surface area contributed by atoms with Crippen LogP contribution in [0.2, 0.25) is 0 Å². The van der Waals surface area contributed by atoms with Crippen molar-refractivity contribution < 1.29 is 14.6 Å². The quantitative estimate of drug-likeness (QED) is 0.573. The van der Waals surface area contributed by atoms with Gasteiger partial charge in [0, 0.05) is 16.8 Å². The number of aromatic hydroxyl groups is 1. The summed E-state index contributed by atoms with van der Waals surface area (Å²) in [6.45, 7) is 5.64. The second kappa shape index (κ2) is 9.29. The van der Waals surface area contributed by atoms with Crippen molar-refractivity contribution in [2.24, 2.45) is 0 Å². The van der Waals surface area contributed by atoms with Crippen LogP contribution in [0.3, 0.4) is 0 Å². The molecule has 0 saturated carbocycles. The summed E-state index contributed by atoms with van der Waals surface area (Å²) in [6, 6.07) is 9.62. The molecule has 0 radical (unpaired) electrons. The lowest BCUT2D eigenvalue weighted by atomic mass is 10.1. The standard InChI is InChI=1S/C20H28O3/c1-3-5-9-13-22-19-15-18(21)20(23-14-10-6-4-2)17-12-8-7-11-16(17)19/h7-8,11-12,15,21H,3-6,9-10,13-14H2,1-2H3. The van der Waals surface area contributed by atoms with Crippen molar-refractivity contribution >= 4 is 10.8 Å². The minimum Gasteiger partial charge on any atom is -0.504 e. The topological polar surface area (TPSA) is 38.7 Å². The summed E-state index contributed by atoms with van der Waals surface area (Å²) in [5.74, 6) is 1.46. The van der Waals surface area contributed by atoms with Crippen LogP contribution in [0.5, 0.6) is 17.2 Å². The zero-order valence-electron chi connectivity index (χ0n) is 14.3. The number of benzene rings is 2. The predicted molar refractivity (Wildman–Crippen MR) is 95.7 cm³/mol. The van der Waals surface area contributed by atoms with Crippen LogP contribution in [-0.4, -0.2) is 18.3 Å². The first-order chi connectivity index (χ1) is 11.3. The molecule has 0 aliphatic carbocycles. The lowest BCUT2D eigenvalue weighted by Gasteiger charge is -2.15. The van der Waals surface area contributed by atoms with Crippen LogP contribution >= 0.6 is 0 Å². The van der Waals surface area contributed by atoms with E-state index in [0.717, 1.165) is 48.6 Å². The molecule has 0 bridgehead atoms. The molecular formula is C20H28O3. The van der Waals surface area contributed by atoms with E-state index in [-0.39, 0.29) is 5.75 Å². The molecule has 2 aromatic rings. The Morgan fingerprint density at radius 3 is 2.09 bits per heavy atom. The Bertz CT molecular complexity index is 607. The number of phenolic OH excluding ortho intramolecular Hbond substituents is 1. The molecule has 2 aromatic carbocycles. The first kappa shape index (κ1) is 17.5. The van der Waals surface area contributed by atoms with Gasteiger partial charge in [-0.3, -0.25) is 0 Å². The fourth-order valence-corrected chi connectivity index (χ4v) is 2.63. The maximum Gasteiger partial charge on any atom is 0.168 e. The van der Waals surface area contributed by atoms with Gasteiger partial charge in [-0.25, -0.2) is 0 Å². The van der Waals surface area contributed by atoms with E-state index in [1.807, 2.05) is 24.3 Å². The Hall–Kier alpha value is -1.90. The Morgan fingerprint density at radius 2 is 1.43 bits per heavy atom. The number of unbranched alkanes of at least 4 members (excludes halogenated alkanes) is 4. The molecule has 0 amide bonds. The number of phenols is 1. The molecule has 23 heavy (non-hydrogen) atoms. The molecule has 0 fully saturated rings. The van der Waals surface area contributed by atoms with Crippen LogP contribution in [-0.2, 0) is 0 Å². The van der Waals surface area contributed by atoms with Crippen LogP contribution in [0.1, 0.15) is 52.4 Å². The van der Waals surface area contributed by atoms with Crippen LogP contribution in [0.4, 0.5) is 0 Å². The van der Waals surface area contributed by atoms with Crippen molar-refractivity contribution in [1.29, 1.82) is 0 Å². The van der Waals surface area contributed by atoms with Gasteiger partial charge in [-0.05, 0) is 12.8 Å². The van der Waals surface area contributed by atoms with Gasteiger partial charge in [0.1, 0.15) is 5.75 Å². The average Bonchev–Trinajstić information content (AvgIpc) is 2.57. The fraction of sp³-hybridized carbons (Fsp3) is 0.500. The Balaban J connectivity index is 2.19. The number of fused-ring (bicyclic) bond motifs is 1. The first-order valence-electron chi connectivity index (χ1n) is 8.78. The molecule has 1 N–H and O–H groups in total. The van der Waals surface area contributed by atoms with Crippen LogP contribution in [0, 0.1) is 0 Å². The van der Waals surface area contributed by atoms with E-state index in [1.165, 1.54) is 6.42 Å². The lowest BCUT2D eigenvalue weighted by Crippen LogP contribution is -2.01. The maximum absolute atomic E-state index is 10.3. The highest BCUT2D eigenvalue weighted by Gasteiger charge is 2.13. The van der Waals surface area contributed by atoms with Gasteiger partial charge < -0.3 is 14.6 Å². The smallest absolute Gasteiger partial charge is 0.168 e.